The predicted molar refractivity (Wildman–Crippen MR) is 119 cm³/mol. The number of carbonyl (C=O) groups is 4. The highest BCUT2D eigenvalue weighted by atomic mass is 32.1. The van der Waals surface area contributed by atoms with Crippen LogP contribution in [0.1, 0.15) is 54.4 Å². The standard InChI is InChI=1S/C20H38N4O5S/c1-7-12(6)15(21)19(27)23-14(9-30)18(26)22-13(8-10(2)3)17(25)24-16(11(4)5)20(28)29/h10-16,30H,7-9,21H2,1-6H3,(H,22,26)(H,23,27)(H,24,25)(H,28,29). The maximum atomic E-state index is 12.7. The number of hydrogen-bond acceptors (Lipinski definition) is 6. The number of rotatable bonds is 13. The lowest BCUT2D eigenvalue weighted by Gasteiger charge is -2.27. The van der Waals surface area contributed by atoms with Crippen molar-refractivity contribution in [3.63, 3.8) is 0 Å². The first-order valence-corrected chi connectivity index (χ1v) is 11.0. The molecule has 0 heterocycles. The lowest BCUT2D eigenvalue weighted by Crippen LogP contribution is -2.58. The highest BCUT2D eigenvalue weighted by Gasteiger charge is 2.31. The van der Waals surface area contributed by atoms with E-state index in [0.717, 1.165) is 0 Å². The van der Waals surface area contributed by atoms with Crippen LogP contribution in [-0.4, -0.2) is 58.7 Å². The highest BCUT2D eigenvalue weighted by molar-refractivity contribution is 7.80. The molecule has 6 N–H and O–H groups in total. The molecule has 0 rings (SSSR count). The number of carboxylic acids is 1. The van der Waals surface area contributed by atoms with Crippen LogP contribution in [0.2, 0.25) is 0 Å². The van der Waals surface area contributed by atoms with E-state index in [1.807, 2.05) is 27.7 Å². The van der Waals surface area contributed by atoms with Crippen LogP contribution in [0.15, 0.2) is 0 Å². The van der Waals surface area contributed by atoms with Gasteiger partial charge in [0.05, 0.1) is 6.04 Å². The summed E-state index contributed by atoms with van der Waals surface area (Å²) in [6.07, 6.45) is 1.02. The Morgan fingerprint density at radius 2 is 1.40 bits per heavy atom. The quantitative estimate of drug-likeness (QED) is 0.227. The van der Waals surface area contributed by atoms with E-state index in [-0.39, 0.29) is 23.5 Å². The molecule has 5 atom stereocenters. The van der Waals surface area contributed by atoms with Gasteiger partial charge in [-0.1, -0.05) is 48.0 Å². The molecular formula is C20H38N4O5S. The van der Waals surface area contributed by atoms with Gasteiger partial charge in [-0.3, -0.25) is 14.4 Å². The van der Waals surface area contributed by atoms with E-state index >= 15 is 0 Å². The summed E-state index contributed by atoms with van der Waals surface area (Å²) in [7, 11) is 0. The van der Waals surface area contributed by atoms with E-state index in [4.69, 9.17) is 5.73 Å². The van der Waals surface area contributed by atoms with Crippen LogP contribution in [0.5, 0.6) is 0 Å². The highest BCUT2D eigenvalue weighted by Crippen LogP contribution is 2.09. The zero-order valence-electron chi connectivity index (χ0n) is 18.8. The van der Waals surface area contributed by atoms with Gasteiger partial charge in [-0.05, 0) is 24.2 Å². The van der Waals surface area contributed by atoms with Gasteiger partial charge < -0.3 is 26.8 Å². The van der Waals surface area contributed by atoms with Crippen molar-refractivity contribution in [2.75, 3.05) is 5.75 Å². The van der Waals surface area contributed by atoms with Crippen molar-refractivity contribution >= 4 is 36.3 Å². The molecule has 0 spiro atoms. The smallest absolute Gasteiger partial charge is 0.326 e. The summed E-state index contributed by atoms with van der Waals surface area (Å²) >= 11 is 4.13. The van der Waals surface area contributed by atoms with Gasteiger partial charge in [-0.15, -0.1) is 0 Å². The number of nitrogens with two attached hydrogens (primary N) is 1. The number of nitrogens with one attached hydrogen (secondary N) is 3. The monoisotopic (exact) mass is 446 g/mol. The second-order valence-electron chi connectivity index (χ2n) is 8.41. The van der Waals surface area contributed by atoms with Gasteiger partial charge in [0.2, 0.25) is 17.7 Å². The van der Waals surface area contributed by atoms with Crippen molar-refractivity contribution < 1.29 is 24.3 Å². The normalized spacial score (nSPS) is 16.3. The van der Waals surface area contributed by atoms with Crippen LogP contribution in [0.25, 0.3) is 0 Å². The van der Waals surface area contributed by atoms with Crippen molar-refractivity contribution in [3.8, 4) is 0 Å². The fraction of sp³-hybridized carbons (Fsp3) is 0.800. The third-order valence-electron chi connectivity index (χ3n) is 4.95. The minimum Gasteiger partial charge on any atom is -0.480 e. The van der Waals surface area contributed by atoms with E-state index in [9.17, 15) is 24.3 Å². The number of carboxylic acid groups (broad SMARTS) is 1. The average Bonchev–Trinajstić information content (AvgIpc) is 2.66. The van der Waals surface area contributed by atoms with Crippen LogP contribution in [0, 0.1) is 17.8 Å². The van der Waals surface area contributed by atoms with Crippen LogP contribution >= 0.6 is 12.6 Å². The van der Waals surface area contributed by atoms with Crippen LogP contribution in [0.4, 0.5) is 0 Å². The van der Waals surface area contributed by atoms with E-state index in [1.165, 1.54) is 0 Å². The molecule has 0 saturated heterocycles. The molecule has 3 amide bonds. The summed E-state index contributed by atoms with van der Waals surface area (Å²) in [6.45, 7) is 10.9. The van der Waals surface area contributed by atoms with E-state index in [2.05, 4.69) is 28.6 Å². The van der Waals surface area contributed by atoms with Crippen molar-refractivity contribution in [1.29, 1.82) is 0 Å². The van der Waals surface area contributed by atoms with Crippen molar-refractivity contribution in [3.05, 3.63) is 0 Å². The number of hydrogen-bond donors (Lipinski definition) is 6. The van der Waals surface area contributed by atoms with Crippen LogP contribution in [0.3, 0.4) is 0 Å². The largest absolute Gasteiger partial charge is 0.480 e. The van der Waals surface area contributed by atoms with Gasteiger partial charge in [-0.25, -0.2) is 4.79 Å². The predicted octanol–water partition coefficient (Wildman–Crippen LogP) is 0.531. The number of thiol groups is 1. The first-order valence-electron chi connectivity index (χ1n) is 10.4. The Morgan fingerprint density at radius 3 is 1.80 bits per heavy atom. The van der Waals surface area contributed by atoms with Crippen LogP contribution in [-0.2, 0) is 19.2 Å². The summed E-state index contributed by atoms with van der Waals surface area (Å²) in [5, 5.41) is 17.0. The summed E-state index contributed by atoms with van der Waals surface area (Å²) in [6, 6.07) is -3.75. The minimum absolute atomic E-state index is 0.0184. The maximum absolute atomic E-state index is 12.7. The Kier molecular flexibility index (Phi) is 12.7. The lowest BCUT2D eigenvalue weighted by molar-refractivity contribution is -0.143. The Hall–Kier alpha value is -1.81. The fourth-order valence-electron chi connectivity index (χ4n) is 2.72. The molecular weight excluding hydrogens is 408 g/mol. The fourth-order valence-corrected chi connectivity index (χ4v) is 2.97. The zero-order chi connectivity index (χ0) is 23.6. The van der Waals surface area contributed by atoms with E-state index < -0.39 is 47.9 Å². The molecule has 0 aliphatic rings. The Morgan fingerprint density at radius 1 is 0.900 bits per heavy atom. The maximum Gasteiger partial charge on any atom is 0.326 e. The Labute approximate surface area is 184 Å². The second kappa shape index (κ2) is 13.5. The average molecular weight is 447 g/mol. The molecule has 0 radical (unpaired) electrons. The van der Waals surface area contributed by atoms with Gasteiger partial charge in [0, 0.05) is 5.75 Å². The molecule has 9 nitrogen and oxygen atoms in total. The summed E-state index contributed by atoms with van der Waals surface area (Å²) in [4.78, 5) is 49.1. The summed E-state index contributed by atoms with van der Waals surface area (Å²) < 4.78 is 0. The molecule has 0 fully saturated rings. The SMILES string of the molecule is CCC(C)C(N)C(=O)NC(CS)C(=O)NC(CC(C)C)C(=O)NC(C(=O)O)C(C)C. The number of carbonyl (C=O) groups excluding carboxylic acids is 3. The molecule has 0 aromatic heterocycles. The van der Waals surface area contributed by atoms with Gasteiger partial charge >= 0.3 is 5.97 Å². The number of aliphatic carboxylic acids is 1. The summed E-state index contributed by atoms with van der Waals surface area (Å²) in [5.74, 6) is -3.08. The Bertz CT molecular complexity index is 600. The lowest BCUT2D eigenvalue weighted by atomic mass is 9.99. The zero-order valence-corrected chi connectivity index (χ0v) is 19.7. The molecule has 174 valence electrons. The third-order valence-corrected chi connectivity index (χ3v) is 5.31. The van der Waals surface area contributed by atoms with Crippen molar-refractivity contribution in [2.24, 2.45) is 23.5 Å². The molecule has 0 aromatic carbocycles. The molecule has 10 heteroatoms. The molecule has 30 heavy (non-hydrogen) atoms. The van der Waals surface area contributed by atoms with E-state index in [1.54, 1.807) is 13.8 Å². The van der Waals surface area contributed by atoms with Crippen molar-refractivity contribution in [2.45, 2.75) is 78.6 Å². The molecule has 0 bridgehead atoms. The molecule has 0 aliphatic carbocycles. The van der Waals surface area contributed by atoms with Gasteiger partial charge in [0.1, 0.15) is 18.1 Å². The number of amides is 3. The molecule has 0 aromatic rings. The molecule has 0 aliphatic heterocycles. The molecule has 5 unspecified atom stereocenters. The van der Waals surface area contributed by atoms with Crippen molar-refractivity contribution in [1.82, 2.24) is 16.0 Å². The van der Waals surface area contributed by atoms with Gasteiger partial charge in [0.25, 0.3) is 0 Å². The van der Waals surface area contributed by atoms with Gasteiger partial charge in [-0.2, -0.15) is 12.6 Å². The van der Waals surface area contributed by atoms with Gasteiger partial charge in [0.15, 0.2) is 0 Å². The Balaban J connectivity index is 5.29. The first-order chi connectivity index (χ1) is 13.8. The minimum atomic E-state index is -1.15. The van der Waals surface area contributed by atoms with Crippen LogP contribution < -0.4 is 21.7 Å². The second-order valence-corrected chi connectivity index (χ2v) is 8.78. The summed E-state index contributed by atoms with van der Waals surface area (Å²) in [5.41, 5.74) is 5.91. The topological polar surface area (TPSA) is 151 Å². The molecule has 0 saturated carbocycles. The van der Waals surface area contributed by atoms with E-state index in [0.29, 0.717) is 12.8 Å². The third kappa shape index (κ3) is 9.34. The first kappa shape index (κ1) is 28.2.